The van der Waals surface area contributed by atoms with Gasteiger partial charge in [-0.15, -0.1) is 0 Å². The fourth-order valence-corrected chi connectivity index (χ4v) is 2.87. The molecule has 0 bridgehead atoms. The van der Waals surface area contributed by atoms with Crippen LogP contribution in [0.4, 0.5) is 0 Å². The van der Waals surface area contributed by atoms with Gasteiger partial charge in [0.05, 0.1) is 0 Å². The van der Waals surface area contributed by atoms with Crippen molar-refractivity contribution in [2.75, 3.05) is 37.7 Å². The first-order chi connectivity index (χ1) is 7.38. The summed E-state index contributed by atoms with van der Waals surface area (Å²) in [4.78, 5) is 2.68. The van der Waals surface area contributed by atoms with Crippen LogP contribution in [0.2, 0.25) is 0 Å². The van der Waals surface area contributed by atoms with E-state index in [1.165, 1.54) is 50.4 Å². The number of hydrogen-bond donors (Lipinski definition) is 1. The second-order valence-corrected chi connectivity index (χ2v) is 5.58. The van der Waals surface area contributed by atoms with Gasteiger partial charge in [-0.3, -0.25) is 4.90 Å². The van der Waals surface area contributed by atoms with Crippen LogP contribution in [-0.2, 0) is 0 Å². The Labute approximate surface area is 99.2 Å². The molecule has 1 N–H and O–H groups in total. The Morgan fingerprint density at radius 1 is 1.40 bits per heavy atom. The molecule has 1 rings (SSSR count). The van der Waals surface area contributed by atoms with E-state index in [1.54, 1.807) is 0 Å². The quantitative estimate of drug-likeness (QED) is 0.644. The first kappa shape index (κ1) is 13.3. The van der Waals surface area contributed by atoms with Crippen molar-refractivity contribution in [1.82, 2.24) is 10.2 Å². The van der Waals surface area contributed by atoms with E-state index in [1.807, 2.05) is 0 Å². The zero-order valence-corrected chi connectivity index (χ0v) is 11.1. The molecule has 90 valence electrons. The Balaban J connectivity index is 2.09. The Morgan fingerprint density at radius 3 is 3.00 bits per heavy atom. The molecule has 0 aromatic heterocycles. The first-order valence-electron chi connectivity index (χ1n) is 6.41. The van der Waals surface area contributed by atoms with Crippen molar-refractivity contribution >= 4 is 11.8 Å². The number of thioether (sulfide) groups is 1. The SMILES string of the molecule is CCNCC1CCCN1CCCSCC. The van der Waals surface area contributed by atoms with Crippen molar-refractivity contribution in [3.63, 3.8) is 0 Å². The third-order valence-electron chi connectivity index (χ3n) is 3.07. The van der Waals surface area contributed by atoms with Crippen LogP contribution in [0.15, 0.2) is 0 Å². The van der Waals surface area contributed by atoms with Gasteiger partial charge >= 0.3 is 0 Å². The highest BCUT2D eigenvalue weighted by Crippen LogP contribution is 2.17. The van der Waals surface area contributed by atoms with E-state index >= 15 is 0 Å². The maximum Gasteiger partial charge on any atom is 0.0221 e. The standard InChI is InChI=1S/C12H26N2S/c1-3-13-11-12-7-5-8-14(12)9-6-10-15-4-2/h12-13H,3-11H2,1-2H3. The van der Waals surface area contributed by atoms with Gasteiger partial charge in [-0.1, -0.05) is 13.8 Å². The summed E-state index contributed by atoms with van der Waals surface area (Å²) in [5, 5.41) is 3.47. The van der Waals surface area contributed by atoms with Gasteiger partial charge in [-0.2, -0.15) is 11.8 Å². The van der Waals surface area contributed by atoms with Gasteiger partial charge in [0.25, 0.3) is 0 Å². The molecule has 1 atom stereocenters. The molecule has 2 nitrogen and oxygen atoms in total. The second kappa shape index (κ2) is 8.43. The third kappa shape index (κ3) is 5.23. The number of nitrogens with zero attached hydrogens (tertiary/aromatic N) is 1. The largest absolute Gasteiger partial charge is 0.315 e. The number of nitrogens with one attached hydrogen (secondary N) is 1. The Kier molecular flexibility index (Phi) is 7.49. The lowest BCUT2D eigenvalue weighted by Crippen LogP contribution is -2.38. The lowest BCUT2D eigenvalue weighted by atomic mass is 10.2. The summed E-state index contributed by atoms with van der Waals surface area (Å²) in [5.74, 6) is 2.60. The average molecular weight is 230 g/mol. The molecule has 0 aromatic rings. The van der Waals surface area contributed by atoms with Crippen LogP contribution in [0.1, 0.15) is 33.1 Å². The highest BCUT2D eigenvalue weighted by Gasteiger charge is 2.22. The normalized spacial score (nSPS) is 22.4. The molecular formula is C12H26N2S. The molecule has 3 heteroatoms. The minimum atomic E-state index is 0.816. The second-order valence-electron chi connectivity index (χ2n) is 4.19. The third-order valence-corrected chi connectivity index (χ3v) is 4.05. The number of likely N-dealkylation sites (N-methyl/N-ethyl adjacent to an activating group) is 1. The number of hydrogen-bond acceptors (Lipinski definition) is 3. The average Bonchev–Trinajstić information content (AvgIpc) is 2.69. The van der Waals surface area contributed by atoms with Gasteiger partial charge in [0.2, 0.25) is 0 Å². The summed E-state index contributed by atoms with van der Waals surface area (Å²) in [6.45, 7) is 9.37. The van der Waals surface area contributed by atoms with E-state index in [2.05, 4.69) is 35.8 Å². The maximum absolute atomic E-state index is 3.47. The molecule has 0 aromatic carbocycles. The lowest BCUT2D eigenvalue weighted by molar-refractivity contribution is 0.249. The molecule has 15 heavy (non-hydrogen) atoms. The minimum absolute atomic E-state index is 0.816. The molecule has 1 saturated heterocycles. The number of likely N-dealkylation sites (tertiary alicyclic amines) is 1. The summed E-state index contributed by atoms with van der Waals surface area (Å²) >= 11 is 2.07. The summed E-state index contributed by atoms with van der Waals surface area (Å²) in [5.41, 5.74) is 0. The van der Waals surface area contributed by atoms with Crippen molar-refractivity contribution in [2.45, 2.75) is 39.2 Å². The predicted octanol–water partition coefficient (Wildman–Crippen LogP) is 2.20. The molecule has 1 heterocycles. The molecule has 0 saturated carbocycles. The van der Waals surface area contributed by atoms with Gasteiger partial charge in [0.15, 0.2) is 0 Å². The van der Waals surface area contributed by atoms with Crippen LogP contribution >= 0.6 is 11.8 Å². The zero-order valence-electron chi connectivity index (χ0n) is 10.3. The molecule has 0 spiro atoms. The molecule has 1 aliphatic heterocycles. The first-order valence-corrected chi connectivity index (χ1v) is 7.56. The smallest absolute Gasteiger partial charge is 0.0221 e. The monoisotopic (exact) mass is 230 g/mol. The van der Waals surface area contributed by atoms with Gasteiger partial charge in [0.1, 0.15) is 0 Å². The highest BCUT2D eigenvalue weighted by molar-refractivity contribution is 7.99. The van der Waals surface area contributed by atoms with E-state index in [0.717, 1.165) is 12.6 Å². The van der Waals surface area contributed by atoms with Gasteiger partial charge in [0, 0.05) is 12.6 Å². The van der Waals surface area contributed by atoms with Crippen molar-refractivity contribution < 1.29 is 0 Å². The predicted molar refractivity (Wildman–Crippen MR) is 70.8 cm³/mol. The molecule has 0 aliphatic carbocycles. The van der Waals surface area contributed by atoms with E-state index < -0.39 is 0 Å². The van der Waals surface area contributed by atoms with Crippen molar-refractivity contribution in [2.24, 2.45) is 0 Å². The summed E-state index contributed by atoms with van der Waals surface area (Å²) in [6, 6.07) is 0.816. The molecule has 1 aliphatic rings. The number of rotatable bonds is 8. The molecular weight excluding hydrogens is 204 g/mol. The molecule has 0 radical (unpaired) electrons. The highest BCUT2D eigenvalue weighted by atomic mass is 32.2. The van der Waals surface area contributed by atoms with Crippen LogP contribution in [0, 0.1) is 0 Å². The zero-order chi connectivity index (χ0) is 10.9. The molecule has 0 amide bonds. The maximum atomic E-state index is 3.47. The van der Waals surface area contributed by atoms with E-state index in [0.29, 0.717) is 0 Å². The fourth-order valence-electron chi connectivity index (χ4n) is 2.25. The minimum Gasteiger partial charge on any atom is -0.315 e. The summed E-state index contributed by atoms with van der Waals surface area (Å²) < 4.78 is 0. The molecule has 1 unspecified atom stereocenters. The van der Waals surface area contributed by atoms with Crippen LogP contribution < -0.4 is 5.32 Å². The Bertz CT molecular complexity index is 153. The van der Waals surface area contributed by atoms with Crippen molar-refractivity contribution in [1.29, 1.82) is 0 Å². The van der Waals surface area contributed by atoms with E-state index in [4.69, 9.17) is 0 Å². The Morgan fingerprint density at radius 2 is 2.27 bits per heavy atom. The Hall–Kier alpha value is 0.270. The van der Waals surface area contributed by atoms with Gasteiger partial charge < -0.3 is 5.32 Å². The molecule has 1 fully saturated rings. The fraction of sp³-hybridized carbons (Fsp3) is 1.00. The van der Waals surface area contributed by atoms with Crippen LogP contribution in [0.3, 0.4) is 0 Å². The van der Waals surface area contributed by atoms with E-state index in [9.17, 15) is 0 Å². The summed E-state index contributed by atoms with van der Waals surface area (Å²) in [6.07, 6.45) is 4.16. The van der Waals surface area contributed by atoms with Gasteiger partial charge in [-0.25, -0.2) is 0 Å². The van der Waals surface area contributed by atoms with Crippen molar-refractivity contribution in [3.05, 3.63) is 0 Å². The van der Waals surface area contributed by atoms with Crippen LogP contribution in [0.5, 0.6) is 0 Å². The topological polar surface area (TPSA) is 15.3 Å². The van der Waals surface area contributed by atoms with E-state index in [-0.39, 0.29) is 0 Å². The van der Waals surface area contributed by atoms with Crippen molar-refractivity contribution in [3.8, 4) is 0 Å². The van der Waals surface area contributed by atoms with Crippen LogP contribution in [-0.4, -0.2) is 48.6 Å². The van der Waals surface area contributed by atoms with Gasteiger partial charge in [-0.05, 0) is 50.4 Å². The summed E-state index contributed by atoms with van der Waals surface area (Å²) in [7, 11) is 0. The van der Waals surface area contributed by atoms with Crippen LogP contribution in [0.25, 0.3) is 0 Å². The lowest BCUT2D eigenvalue weighted by Gasteiger charge is -2.24.